The van der Waals surface area contributed by atoms with Crippen molar-refractivity contribution in [3.63, 3.8) is 0 Å². The third-order valence-corrected chi connectivity index (χ3v) is 2.12. The Balaban J connectivity index is 2.47. The minimum Gasteiger partial charge on any atom is -0.322 e. The number of hydrogen-bond donors (Lipinski definition) is 2. The van der Waals surface area contributed by atoms with E-state index in [-0.39, 0.29) is 11.3 Å². The van der Waals surface area contributed by atoms with Gasteiger partial charge in [-0.05, 0) is 6.07 Å². The Kier molecular flexibility index (Phi) is 2.06. The summed E-state index contributed by atoms with van der Waals surface area (Å²) in [6.45, 7) is 0. The minimum atomic E-state index is -4.48. The van der Waals surface area contributed by atoms with Gasteiger partial charge in [-0.15, -0.1) is 0 Å². The molecule has 1 aliphatic heterocycles. The Labute approximate surface area is 83.3 Å². The third kappa shape index (κ3) is 1.74. The van der Waals surface area contributed by atoms with Gasteiger partial charge in [0, 0.05) is 11.3 Å². The van der Waals surface area contributed by atoms with Crippen LogP contribution < -0.4 is 10.6 Å². The Morgan fingerprint density at radius 2 is 1.87 bits per heavy atom. The van der Waals surface area contributed by atoms with E-state index in [1.807, 2.05) is 5.32 Å². The number of urea groups is 1. The van der Waals surface area contributed by atoms with Crippen molar-refractivity contribution >= 4 is 11.7 Å². The van der Waals surface area contributed by atoms with Crippen molar-refractivity contribution in [2.45, 2.75) is 12.2 Å². The number of alkyl halides is 3. The summed E-state index contributed by atoms with van der Waals surface area (Å²) in [5.74, 6) is 0. The Bertz CT molecular complexity index is 403. The molecule has 2 N–H and O–H groups in total. The summed E-state index contributed by atoms with van der Waals surface area (Å²) in [7, 11) is 0. The highest BCUT2D eigenvalue weighted by atomic mass is 19.4. The zero-order chi connectivity index (χ0) is 11.1. The molecule has 1 aliphatic rings. The van der Waals surface area contributed by atoms with Crippen LogP contribution in [-0.2, 0) is 0 Å². The number of benzene rings is 1. The lowest BCUT2D eigenvalue weighted by Gasteiger charge is -2.28. The minimum absolute atomic E-state index is 0.0320. The van der Waals surface area contributed by atoms with E-state index in [4.69, 9.17) is 0 Å². The van der Waals surface area contributed by atoms with Gasteiger partial charge < -0.3 is 10.6 Å². The van der Waals surface area contributed by atoms with Crippen LogP contribution in [0.25, 0.3) is 0 Å². The third-order valence-electron chi connectivity index (χ3n) is 2.12. The lowest BCUT2D eigenvalue weighted by atomic mass is 10.0. The topological polar surface area (TPSA) is 41.1 Å². The van der Waals surface area contributed by atoms with E-state index in [0.29, 0.717) is 0 Å². The number of para-hydroxylation sites is 1. The number of amides is 2. The van der Waals surface area contributed by atoms with Crippen LogP contribution >= 0.6 is 0 Å². The van der Waals surface area contributed by atoms with Gasteiger partial charge in [0.15, 0.2) is 6.04 Å². The van der Waals surface area contributed by atoms with Gasteiger partial charge in [-0.1, -0.05) is 18.2 Å². The predicted molar refractivity (Wildman–Crippen MR) is 47.4 cm³/mol. The SMILES string of the molecule is O=C1Nc2ccccc2[C@@H](C(F)(F)F)N1. The molecule has 0 bridgehead atoms. The molecule has 0 radical (unpaired) electrons. The lowest BCUT2D eigenvalue weighted by Crippen LogP contribution is -2.44. The summed E-state index contributed by atoms with van der Waals surface area (Å²) in [5.41, 5.74) is 0.230. The van der Waals surface area contributed by atoms with Crippen LogP contribution in [0.3, 0.4) is 0 Å². The molecule has 80 valence electrons. The van der Waals surface area contributed by atoms with Crippen LogP contribution in [0.2, 0.25) is 0 Å². The second-order valence-corrected chi connectivity index (χ2v) is 3.16. The number of hydrogen-bond acceptors (Lipinski definition) is 1. The first kappa shape index (κ1) is 9.82. The number of halogens is 3. The zero-order valence-electron chi connectivity index (χ0n) is 7.43. The normalized spacial score (nSPS) is 20.2. The van der Waals surface area contributed by atoms with E-state index in [1.165, 1.54) is 18.2 Å². The van der Waals surface area contributed by atoms with Gasteiger partial charge in [0.05, 0.1) is 0 Å². The zero-order valence-corrected chi connectivity index (χ0v) is 7.43. The first-order chi connectivity index (χ1) is 6.98. The lowest BCUT2D eigenvalue weighted by molar-refractivity contribution is -0.155. The summed E-state index contributed by atoms with van der Waals surface area (Å²) >= 11 is 0. The molecule has 3 nitrogen and oxygen atoms in total. The summed E-state index contributed by atoms with van der Waals surface area (Å²) < 4.78 is 37.7. The number of carbonyl (C=O) groups is 1. The standard InChI is InChI=1S/C9H7F3N2O/c10-9(11,12)7-5-3-1-2-4-6(5)13-8(15)14-7/h1-4,7H,(H2,13,14,15)/t7-/m0/s1. The molecule has 1 aromatic rings. The molecule has 0 aliphatic carbocycles. The summed E-state index contributed by atoms with van der Waals surface area (Å²) in [4.78, 5) is 11.0. The van der Waals surface area contributed by atoms with E-state index in [0.717, 1.165) is 0 Å². The highest BCUT2D eigenvalue weighted by Crippen LogP contribution is 2.38. The molecule has 15 heavy (non-hydrogen) atoms. The molecular formula is C9H7F3N2O. The molecule has 0 unspecified atom stereocenters. The fourth-order valence-corrected chi connectivity index (χ4v) is 1.49. The van der Waals surface area contributed by atoms with Crippen molar-refractivity contribution in [1.29, 1.82) is 0 Å². The van der Waals surface area contributed by atoms with E-state index in [9.17, 15) is 18.0 Å². The van der Waals surface area contributed by atoms with Gasteiger partial charge in [0.2, 0.25) is 0 Å². The van der Waals surface area contributed by atoms with Gasteiger partial charge in [-0.2, -0.15) is 13.2 Å². The number of nitrogens with one attached hydrogen (secondary N) is 2. The second kappa shape index (κ2) is 3.15. The number of rotatable bonds is 0. The van der Waals surface area contributed by atoms with E-state index in [1.54, 1.807) is 6.07 Å². The fraction of sp³-hybridized carbons (Fsp3) is 0.222. The number of carbonyl (C=O) groups excluding carboxylic acids is 1. The average Bonchev–Trinajstić information content (AvgIpc) is 2.15. The fourth-order valence-electron chi connectivity index (χ4n) is 1.49. The second-order valence-electron chi connectivity index (χ2n) is 3.16. The first-order valence-corrected chi connectivity index (χ1v) is 4.21. The summed E-state index contributed by atoms with van der Waals surface area (Å²) in [6.07, 6.45) is -4.48. The number of anilines is 1. The van der Waals surface area contributed by atoms with Crippen molar-refractivity contribution in [2.24, 2.45) is 0 Å². The van der Waals surface area contributed by atoms with Crippen molar-refractivity contribution < 1.29 is 18.0 Å². The average molecular weight is 216 g/mol. The molecule has 2 amide bonds. The summed E-state index contributed by atoms with van der Waals surface area (Å²) in [5, 5.41) is 4.15. The van der Waals surface area contributed by atoms with Crippen molar-refractivity contribution in [1.82, 2.24) is 5.32 Å². The van der Waals surface area contributed by atoms with Crippen molar-refractivity contribution in [2.75, 3.05) is 5.32 Å². The molecule has 0 spiro atoms. The van der Waals surface area contributed by atoms with Gasteiger partial charge in [0.25, 0.3) is 0 Å². The Hall–Kier alpha value is -1.72. The maximum Gasteiger partial charge on any atom is 0.413 e. The summed E-state index contributed by atoms with van der Waals surface area (Å²) in [6, 6.07) is 3.07. The van der Waals surface area contributed by atoms with Crippen molar-refractivity contribution in [3.05, 3.63) is 29.8 Å². The van der Waals surface area contributed by atoms with E-state index < -0.39 is 18.2 Å². The van der Waals surface area contributed by atoms with Crippen molar-refractivity contribution in [3.8, 4) is 0 Å². The van der Waals surface area contributed by atoms with E-state index in [2.05, 4.69) is 5.32 Å². The molecule has 0 saturated carbocycles. The molecule has 0 saturated heterocycles. The van der Waals surface area contributed by atoms with Crippen LogP contribution in [0.1, 0.15) is 11.6 Å². The molecule has 0 aromatic heterocycles. The maximum atomic E-state index is 12.6. The molecule has 1 atom stereocenters. The molecule has 1 aromatic carbocycles. The van der Waals surface area contributed by atoms with Gasteiger partial charge in [-0.3, -0.25) is 0 Å². The van der Waals surface area contributed by atoms with Crippen LogP contribution in [0.4, 0.5) is 23.7 Å². The smallest absolute Gasteiger partial charge is 0.322 e. The first-order valence-electron chi connectivity index (χ1n) is 4.21. The van der Waals surface area contributed by atoms with Crippen LogP contribution in [-0.4, -0.2) is 12.2 Å². The molecular weight excluding hydrogens is 209 g/mol. The highest BCUT2D eigenvalue weighted by Gasteiger charge is 2.44. The van der Waals surface area contributed by atoms with Gasteiger partial charge in [-0.25, -0.2) is 4.79 Å². The van der Waals surface area contributed by atoms with Gasteiger partial charge in [0.1, 0.15) is 0 Å². The largest absolute Gasteiger partial charge is 0.413 e. The van der Waals surface area contributed by atoms with Crippen LogP contribution in [0, 0.1) is 0 Å². The maximum absolute atomic E-state index is 12.6. The van der Waals surface area contributed by atoms with Crippen LogP contribution in [0.15, 0.2) is 24.3 Å². The quantitative estimate of drug-likeness (QED) is 0.687. The van der Waals surface area contributed by atoms with E-state index >= 15 is 0 Å². The van der Waals surface area contributed by atoms with Gasteiger partial charge >= 0.3 is 12.2 Å². The van der Waals surface area contributed by atoms with Crippen LogP contribution in [0.5, 0.6) is 0 Å². The Morgan fingerprint density at radius 1 is 1.20 bits per heavy atom. The highest BCUT2D eigenvalue weighted by molar-refractivity contribution is 5.93. The number of fused-ring (bicyclic) bond motifs is 1. The molecule has 0 fully saturated rings. The molecule has 6 heteroatoms. The molecule has 1 heterocycles. The monoisotopic (exact) mass is 216 g/mol. The Morgan fingerprint density at radius 3 is 2.53 bits per heavy atom. The molecule has 2 rings (SSSR count). The predicted octanol–water partition coefficient (Wildman–Crippen LogP) is 2.43.